The molecule has 2 N–H and O–H groups in total. The molecule has 10 heteroatoms. The number of amides is 1. The number of hydrogen-bond acceptors (Lipinski definition) is 7. The number of fused-ring (bicyclic) bond motifs is 1. The van der Waals surface area contributed by atoms with E-state index in [2.05, 4.69) is 27.7 Å². The minimum atomic E-state index is -3.49. The molecule has 3 heterocycles. The zero-order chi connectivity index (χ0) is 27.7. The topological polar surface area (TPSA) is 104 Å². The Morgan fingerprint density at radius 2 is 1.70 bits per heavy atom. The highest BCUT2D eigenvalue weighted by Gasteiger charge is 2.32. The number of piperidine rings is 1. The number of nitrogens with zero attached hydrogens (tertiary/aromatic N) is 3. The normalized spacial score (nSPS) is 18.7. The van der Waals surface area contributed by atoms with Gasteiger partial charge in [0.15, 0.2) is 15.7 Å². The Balaban J connectivity index is 1.19. The lowest BCUT2D eigenvalue weighted by molar-refractivity contribution is -0.120. The van der Waals surface area contributed by atoms with Crippen LogP contribution in [0.15, 0.2) is 53.4 Å². The number of nitrogens with one attached hydrogen (secondary N) is 2. The van der Waals surface area contributed by atoms with Gasteiger partial charge in [0.2, 0.25) is 11.9 Å². The molecule has 0 bridgehead atoms. The molecule has 0 radical (unpaired) electrons. The van der Waals surface area contributed by atoms with Crippen LogP contribution in [0.2, 0.25) is 5.02 Å². The van der Waals surface area contributed by atoms with Crippen molar-refractivity contribution in [1.29, 1.82) is 0 Å². The van der Waals surface area contributed by atoms with Crippen LogP contribution in [0.3, 0.4) is 0 Å². The molecule has 8 nitrogen and oxygen atoms in total. The van der Waals surface area contributed by atoms with E-state index in [4.69, 9.17) is 21.6 Å². The maximum atomic E-state index is 13.1. The second-order valence-electron chi connectivity index (χ2n) is 11.1. The third-order valence-corrected chi connectivity index (χ3v) is 10.2. The van der Waals surface area contributed by atoms with Gasteiger partial charge in [-0.25, -0.2) is 13.4 Å². The number of aryl methyl sites for hydroxylation is 1. The zero-order valence-corrected chi connectivity index (χ0v) is 24.0. The van der Waals surface area contributed by atoms with Crippen molar-refractivity contribution in [1.82, 2.24) is 15.3 Å². The number of carbonyl (C=O) groups excluding carboxylic acids is 1. The van der Waals surface area contributed by atoms with Gasteiger partial charge in [0.1, 0.15) is 4.90 Å². The summed E-state index contributed by atoms with van der Waals surface area (Å²) in [6.07, 6.45) is 5.80. The van der Waals surface area contributed by atoms with Crippen LogP contribution in [-0.2, 0) is 27.5 Å². The highest BCUT2D eigenvalue weighted by molar-refractivity contribution is 7.91. The molecule has 1 aliphatic carbocycles. The Morgan fingerprint density at radius 3 is 2.40 bits per heavy atom. The molecule has 210 valence electrons. The molecule has 2 aromatic carbocycles. The molecule has 1 saturated carbocycles. The predicted molar refractivity (Wildman–Crippen MR) is 157 cm³/mol. The lowest BCUT2D eigenvalue weighted by Crippen LogP contribution is -2.35. The average molecular weight is 580 g/mol. The Labute approximate surface area is 240 Å². The second kappa shape index (κ2) is 11.4. The Kier molecular flexibility index (Phi) is 7.68. The fraction of sp³-hybridized carbons (Fsp3) is 0.433. The van der Waals surface area contributed by atoms with Gasteiger partial charge in [-0.2, -0.15) is 4.98 Å². The lowest BCUT2D eigenvalue weighted by Gasteiger charge is -2.33. The van der Waals surface area contributed by atoms with Crippen molar-refractivity contribution in [2.24, 2.45) is 5.92 Å². The van der Waals surface area contributed by atoms with E-state index in [0.717, 1.165) is 48.7 Å². The molecule has 2 aliphatic heterocycles. The molecular weight excluding hydrogens is 546 g/mol. The van der Waals surface area contributed by atoms with Crippen molar-refractivity contribution in [2.45, 2.75) is 55.8 Å². The molecule has 1 amide bonds. The van der Waals surface area contributed by atoms with Gasteiger partial charge in [-0.1, -0.05) is 35.9 Å². The molecule has 6 rings (SSSR count). The van der Waals surface area contributed by atoms with Crippen LogP contribution in [0.25, 0.3) is 0 Å². The van der Waals surface area contributed by atoms with E-state index < -0.39 is 9.84 Å². The average Bonchev–Trinajstić information content (AvgIpc) is 3.78. The Hall–Kier alpha value is -3.17. The number of rotatable bonds is 8. The van der Waals surface area contributed by atoms with Crippen LogP contribution in [0, 0.1) is 5.92 Å². The molecular formula is C30H34ClN5O3S. The van der Waals surface area contributed by atoms with E-state index in [1.165, 1.54) is 18.4 Å². The number of aromatic nitrogens is 2. The van der Waals surface area contributed by atoms with Gasteiger partial charge in [0.05, 0.1) is 17.9 Å². The number of halogens is 1. The first-order valence-electron chi connectivity index (χ1n) is 14.1. The van der Waals surface area contributed by atoms with Crippen LogP contribution in [0.4, 0.5) is 17.5 Å². The molecule has 1 saturated heterocycles. The standard InChI is InChI=1S/C30H34ClN5O3S/c31-24-9-7-22(8-10-24)23-13-15-36(16-14-23)30-34-26-2-1-17-40(38,39)28(26)29(35-30)33-25-11-5-20(6-12-25)18-27(37)32-19-21-3-4-21/h5-12,21,23H,1-4,13-19H2,(H,32,37)(H,33,34,35). The first-order valence-corrected chi connectivity index (χ1v) is 16.1. The molecule has 1 aromatic heterocycles. The minimum absolute atomic E-state index is 0.0213. The second-order valence-corrected chi connectivity index (χ2v) is 13.6. The highest BCUT2D eigenvalue weighted by atomic mass is 35.5. The summed E-state index contributed by atoms with van der Waals surface area (Å²) in [5.41, 5.74) is 3.49. The lowest BCUT2D eigenvalue weighted by atomic mass is 9.89. The van der Waals surface area contributed by atoms with Gasteiger partial charge in [0.25, 0.3) is 0 Å². The van der Waals surface area contributed by atoms with Gasteiger partial charge in [-0.15, -0.1) is 0 Å². The quantitative estimate of drug-likeness (QED) is 0.385. The van der Waals surface area contributed by atoms with Crippen molar-refractivity contribution < 1.29 is 13.2 Å². The Morgan fingerprint density at radius 1 is 0.975 bits per heavy atom. The fourth-order valence-electron chi connectivity index (χ4n) is 5.56. The predicted octanol–water partition coefficient (Wildman–Crippen LogP) is 5.05. The number of anilines is 3. The number of hydrogen-bond donors (Lipinski definition) is 2. The summed E-state index contributed by atoms with van der Waals surface area (Å²) in [5, 5.41) is 7.00. The molecule has 0 spiro atoms. The van der Waals surface area contributed by atoms with E-state index in [0.29, 0.717) is 48.6 Å². The number of benzene rings is 2. The van der Waals surface area contributed by atoms with Crippen molar-refractivity contribution in [3.05, 3.63) is 70.4 Å². The summed E-state index contributed by atoms with van der Waals surface area (Å²) in [4.78, 5) is 24.1. The summed E-state index contributed by atoms with van der Waals surface area (Å²) in [6.45, 7) is 2.33. The van der Waals surface area contributed by atoms with Crippen molar-refractivity contribution in [3.63, 3.8) is 0 Å². The van der Waals surface area contributed by atoms with Crippen LogP contribution >= 0.6 is 11.6 Å². The summed E-state index contributed by atoms with van der Waals surface area (Å²) < 4.78 is 26.2. The number of sulfone groups is 1. The molecule has 3 aromatic rings. The van der Waals surface area contributed by atoms with Crippen LogP contribution < -0.4 is 15.5 Å². The summed E-state index contributed by atoms with van der Waals surface area (Å²) in [6, 6.07) is 15.6. The van der Waals surface area contributed by atoms with Gasteiger partial charge >= 0.3 is 0 Å². The molecule has 3 aliphatic rings. The monoisotopic (exact) mass is 579 g/mol. The molecule has 2 fully saturated rings. The highest BCUT2D eigenvalue weighted by Crippen LogP contribution is 2.35. The van der Waals surface area contributed by atoms with E-state index in [-0.39, 0.29) is 16.6 Å². The molecule has 0 unspecified atom stereocenters. The third kappa shape index (κ3) is 6.25. The van der Waals surface area contributed by atoms with E-state index >= 15 is 0 Å². The Bertz CT molecular complexity index is 1480. The van der Waals surface area contributed by atoms with Crippen LogP contribution in [-0.4, -0.2) is 49.7 Å². The van der Waals surface area contributed by atoms with Gasteiger partial charge in [-0.05, 0) is 85.8 Å². The largest absolute Gasteiger partial charge is 0.356 e. The zero-order valence-electron chi connectivity index (χ0n) is 22.4. The number of carbonyl (C=O) groups is 1. The maximum Gasteiger partial charge on any atom is 0.227 e. The summed E-state index contributed by atoms with van der Waals surface area (Å²) in [7, 11) is -3.49. The van der Waals surface area contributed by atoms with Gasteiger partial charge in [-0.3, -0.25) is 4.79 Å². The first-order chi connectivity index (χ1) is 19.3. The van der Waals surface area contributed by atoms with E-state index in [1.54, 1.807) is 0 Å². The minimum Gasteiger partial charge on any atom is -0.356 e. The van der Waals surface area contributed by atoms with Crippen molar-refractivity contribution in [3.8, 4) is 0 Å². The maximum absolute atomic E-state index is 13.1. The molecule has 40 heavy (non-hydrogen) atoms. The van der Waals surface area contributed by atoms with Crippen LogP contribution in [0.1, 0.15) is 54.8 Å². The smallest absolute Gasteiger partial charge is 0.227 e. The van der Waals surface area contributed by atoms with E-state index in [1.807, 2.05) is 36.4 Å². The SMILES string of the molecule is O=C(Cc1ccc(Nc2nc(N3CCC(c4ccc(Cl)cc4)CC3)nc3c2S(=O)(=O)CCC3)cc1)NCC1CC1. The van der Waals surface area contributed by atoms with Crippen molar-refractivity contribution in [2.75, 3.05) is 35.6 Å². The van der Waals surface area contributed by atoms with E-state index in [9.17, 15) is 13.2 Å². The summed E-state index contributed by atoms with van der Waals surface area (Å²) >= 11 is 6.07. The van der Waals surface area contributed by atoms with Gasteiger partial charge in [0, 0.05) is 30.3 Å². The molecule has 0 atom stereocenters. The third-order valence-electron chi connectivity index (χ3n) is 8.05. The van der Waals surface area contributed by atoms with Gasteiger partial charge < -0.3 is 15.5 Å². The van der Waals surface area contributed by atoms with Crippen molar-refractivity contribution >= 4 is 44.8 Å². The van der Waals surface area contributed by atoms with Crippen LogP contribution in [0.5, 0.6) is 0 Å². The first kappa shape index (κ1) is 27.0. The fourth-order valence-corrected chi connectivity index (χ4v) is 7.31. The summed E-state index contributed by atoms with van der Waals surface area (Å²) in [5.74, 6) is 2.10.